The molecular weight excluding hydrogens is 215 g/mol. The van der Waals surface area contributed by atoms with Crippen molar-refractivity contribution in [3.05, 3.63) is 10.5 Å². The standard InChI is InChI=1S/C3H9OSi.C2H2Cl.Co.O/c1-3-5-4-2;1-2-3;;/h1,3,5H2,2H3;1H2;;. The van der Waals surface area contributed by atoms with Gasteiger partial charge in [-0.25, -0.2) is 0 Å². The van der Waals surface area contributed by atoms with Gasteiger partial charge >= 0.3 is 72.3 Å². The number of hydrogen-bond acceptors (Lipinski definition) is 2. The van der Waals surface area contributed by atoms with Crippen LogP contribution < -0.4 is 0 Å². The van der Waals surface area contributed by atoms with E-state index in [0.717, 1.165) is 6.04 Å². The van der Waals surface area contributed by atoms with Crippen molar-refractivity contribution in [2.45, 2.75) is 11.4 Å². The van der Waals surface area contributed by atoms with Crippen LogP contribution in [-0.2, 0) is 21.9 Å². The summed E-state index contributed by atoms with van der Waals surface area (Å²) in [6, 6.07) is 0.913. The molecule has 0 aliphatic heterocycles. The van der Waals surface area contributed by atoms with E-state index in [9.17, 15) is 3.87 Å². The van der Waals surface area contributed by atoms with Crippen LogP contribution in [0.3, 0.4) is 0 Å². The summed E-state index contributed by atoms with van der Waals surface area (Å²) >= 11 is 4.05. The first-order valence-electron chi connectivity index (χ1n) is 2.78. The molecule has 0 bridgehead atoms. The summed E-state index contributed by atoms with van der Waals surface area (Å²) in [6.07, 6.45) is 0. The summed E-state index contributed by atoms with van der Waals surface area (Å²) in [7, 11) is 1.24. The zero-order valence-corrected chi connectivity index (χ0v) is 9.07. The van der Waals surface area contributed by atoms with Crippen molar-refractivity contribution in [3.63, 3.8) is 0 Å². The molecule has 0 saturated carbocycles. The third-order valence-electron chi connectivity index (χ3n) is 0.819. The fraction of sp³-hybridized carbons (Fsp3) is 0.600. The molecule has 5 heteroatoms. The van der Waals surface area contributed by atoms with Gasteiger partial charge in [-0.05, 0) is 0 Å². The van der Waals surface area contributed by atoms with E-state index in [1.54, 1.807) is 7.11 Å². The molecule has 0 atom stereocenters. The van der Waals surface area contributed by atoms with Crippen molar-refractivity contribution in [2.75, 3.05) is 7.11 Å². The molecule has 0 aromatic carbocycles. The van der Waals surface area contributed by atoms with Gasteiger partial charge in [-0.2, -0.15) is 0 Å². The fourth-order valence-corrected chi connectivity index (χ4v) is 2.98. The molecule has 0 fully saturated rings. The van der Waals surface area contributed by atoms with Crippen LogP contribution in [0.1, 0.15) is 0 Å². The van der Waals surface area contributed by atoms with E-state index in [1.165, 1.54) is 0 Å². The summed E-state index contributed by atoms with van der Waals surface area (Å²) in [6.45, 7) is 3.39. The molecule has 10 heavy (non-hydrogen) atoms. The Hall–Kier alpha value is 0.513. The first-order valence-corrected chi connectivity index (χ1v) is 6.41. The van der Waals surface area contributed by atoms with E-state index in [4.69, 9.17) is 16.0 Å². The summed E-state index contributed by atoms with van der Waals surface area (Å²) in [5.74, 6) is 0. The summed E-state index contributed by atoms with van der Waals surface area (Å²) < 4.78 is 16.1. The quantitative estimate of drug-likeness (QED) is 0.520. The predicted octanol–water partition coefficient (Wildman–Crippen LogP) is 1.23. The van der Waals surface area contributed by atoms with E-state index < -0.39 is 23.3 Å². The Morgan fingerprint density at radius 2 is 2.50 bits per heavy atom. The minimum absolute atomic E-state index is 0.276. The molecule has 0 aliphatic rings. The molecule has 0 spiro atoms. The molecule has 0 N–H and O–H groups in total. The Kier molecular flexibility index (Phi) is 6.56. The van der Waals surface area contributed by atoms with Crippen LogP contribution in [0.5, 0.6) is 0 Å². The minimum atomic E-state index is -1.35. The summed E-state index contributed by atoms with van der Waals surface area (Å²) in [5.41, 5.74) is 0. The number of halogens is 1. The van der Waals surface area contributed by atoms with Crippen molar-refractivity contribution in [2.24, 2.45) is 0 Å². The molecule has 2 nitrogen and oxygen atoms in total. The van der Waals surface area contributed by atoms with Crippen molar-refractivity contribution >= 4 is 21.4 Å². The van der Waals surface area contributed by atoms with Gasteiger partial charge in [0, 0.05) is 0 Å². The molecule has 0 radical (unpaired) electrons. The number of rotatable bonds is 5. The van der Waals surface area contributed by atoms with Crippen molar-refractivity contribution in [1.82, 2.24) is 0 Å². The van der Waals surface area contributed by atoms with Gasteiger partial charge in [-0.3, -0.25) is 0 Å². The van der Waals surface area contributed by atoms with Gasteiger partial charge in [0.05, 0.1) is 0 Å². The molecule has 0 heterocycles. The molecule has 0 amide bonds. The Balaban J connectivity index is 3.31. The predicted molar refractivity (Wildman–Crippen MR) is 40.8 cm³/mol. The van der Waals surface area contributed by atoms with Crippen LogP contribution in [-0.4, -0.2) is 16.9 Å². The molecule has 0 unspecified atom stereocenters. The maximum atomic E-state index is 10.9. The summed E-state index contributed by atoms with van der Waals surface area (Å²) in [5, 5.41) is 0.634. The van der Waals surface area contributed by atoms with Crippen LogP contribution in [0.25, 0.3) is 0 Å². The van der Waals surface area contributed by atoms with Gasteiger partial charge in [0.25, 0.3) is 0 Å². The Morgan fingerprint density at radius 1 is 1.90 bits per heavy atom. The molecular formula is C5H11ClCoO2Si. The topological polar surface area (TPSA) is 26.3 Å². The van der Waals surface area contributed by atoms with Crippen LogP contribution in [0.4, 0.5) is 0 Å². The van der Waals surface area contributed by atoms with Gasteiger partial charge in [0.1, 0.15) is 0 Å². The van der Waals surface area contributed by atoms with Gasteiger partial charge < -0.3 is 0 Å². The van der Waals surface area contributed by atoms with E-state index in [-0.39, 0.29) is 3.97 Å². The third kappa shape index (κ3) is 5.31. The van der Waals surface area contributed by atoms with E-state index in [0.29, 0.717) is 5.36 Å². The van der Waals surface area contributed by atoms with E-state index >= 15 is 0 Å². The second-order valence-electron chi connectivity index (χ2n) is 1.61. The van der Waals surface area contributed by atoms with Gasteiger partial charge in [-0.1, -0.05) is 0 Å². The summed E-state index contributed by atoms with van der Waals surface area (Å²) in [4.78, 5) is 0. The van der Waals surface area contributed by atoms with Crippen LogP contribution in [0.2, 0.25) is 11.4 Å². The Bertz CT molecular complexity index is 140. The SMILES string of the molecule is C=[C](Cl)[Co](=[O])[CH2]C[SiH2]OC. The molecule has 0 aromatic heterocycles. The Morgan fingerprint density at radius 3 is 2.90 bits per heavy atom. The molecule has 0 rings (SSSR count). The molecule has 0 aromatic rings. The number of hydrogen-bond donors (Lipinski definition) is 0. The van der Waals surface area contributed by atoms with Crippen molar-refractivity contribution in [3.8, 4) is 0 Å². The van der Waals surface area contributed by atoms with Gasteiger partial charge in [-0.15, -0.1) is 0 Å². The van der Waals surface area contributed by atoms with Crippen molar-refractivity contribution < 1.29 is 21.9 Å². The van der Waals surface area contributed by atoms with Crippen LogP contribution in [0, 0.1) is 0 Å². The average molecular weight is 226 g/mol. The third-order valence-corrected chi connectivity index (χ3v) is 4.54. The zero-order valence-electron chi connectivity index (χ0n) is 5.86. The first kappa shape index (κ1) is 10.5. The fourth-order valence-electron chi connectivity index (χ4n) is 0.390. The van der Waals surface area contributed by atoms with Gasteiger partial charge in [0.15, 0.2) is 0 Å². The molecule has 0 saturated heterocycles. The normalized spacial score (nSPS) is 12.4. The van der Waals surface area contributed by atoms with E-state index in [2.05, 4.69) is 6.58 Å². The van der Waals surface area contributed by atoms with Crippen LogP contribution in [0.15, 0.2) is 10.5 Å². The molecule has 63 valence electrons. The van der Waals surface area contributed by atoms with Crippen molar-refractivity contribution in [1.29, 1.82) is 0 Å². The van der Waals surface area contributed by atoms with Gasteiger partial charge in [0.2, 0.25) is 0 Å². The Labute approximate surface area is 72.5 Å². The average Bonchev–Trinajstić information content (AvgIpc) is 1.88. The van der Waals surface area contributed by atoms with Crippen LogP contribution >= 0.6 is 11.6 Å². The maximum absolute atomic E-state index is 10.9. The monoisotopic (exact) mass is 225 g/mol. The second kappa shape index (κ2) is 6.24. The van der Waals surface area contributed by atoms with E-state index in [1.807, 2.05) is 0 Å². The second-order valence-corrected chi connectivity index (χ2v) is 6.06. The molecule has 0 aliphatic carbocycles. The first-order chi connectivity index (χ1) is 4.68. The zero-order chi connectivity index (χ0) is 7.98.